The fraction of sp³-hybridized carbons (Fsp3) is 0.394. The third-order valence-corrected chi connectivity index (χ3v) is 9.56. The minimum absolute atomic E-state index is 0.0659. The van der Waals surface area contributed by atoms with Crippen LogP contribution in [0.3, 0.4) is 0 Å². The van der Waals surface area contributed by atoms with Gasteiger partial charge in [0.1, 0.15) is 22.7 Å². The van der Waals surface area contributed by atoms with E-state index in [1.54, 1.807) is 26.8 Å². The fourth-order valence-electron chi connectivity index (χ4n) is 5.80. The molecule has 0 unspecified atom stereocenters. The molecular formula is C33H35N3O7S. The van der Waals surface area contributed by atoms with E-state index in [1.165, 1.54) is 0 Å². The topological polar surface area (TPSA) is 122 Å². The Kier molecular flexibility index (Phi) is 7.91. The summed E-state index contributed by atoms with van der Waals surface area (Å²) >= 11 is 0. The highest BCUT2D eigenvalue weighted by atomic mass is 32.2. The van der Waals surface area contributed by atoms with E-state index in [2.05, 4.69) is 5.32 Å². The van der Waals surface area contributed by atoms with Gasteiger partial charge in [0.2, 0.25) is 5.91 Å². The van der Waals surface area contributed by atoms with Gasteiger partial charge in [0, 0.05) is 18.2 Å². The average Bonchev–Trinajstić information content (AvgIpc) is 3.77. The zero-order valence-corrected chi connectivity index (χ0v) is 25.7. The van der Waals surface area contributed by atoms with Crippen LogP contribution in [0.1, 0.15) is 57.3 Å². The molecule has 1 saturated carbocycles. The summed E-state index contributed by atoms with van der Waals surface area (Å²) < 4.78 is 25.0. The van der Waals surface area contributed by atoms with Crippen molar-refractivity contribution >= 4 is 34.7 Å². The monoisotopic (exact) mass is 617 g/mol. The van der Waals surface area contributed by atoms with Gasteiger partial charge in [0.25, 0.3) is 5.91 Å². The molecule has 3 aliphatic heterocycles. The number of rotatable bonds is 7. The van der Waals surface area contributed by atoms with Gasteiger partial charge in [0.15, 0.2) is 6.10 Å². The lowest BCUT2D eigenvalue weighted by Gasteiger charge is -2.49. The molecule has 0 radical (unpaired) electrons. The van der Waals surface area contributed by atoms with Crippen molar-refractivity contribution in [2.45, 2.75) is 69.2 Å². The number of likely N-dealkylation sites (tertiary alicyclic amines) is 1. The van der Waals surface area contributed by atoms with Crippen LogP contribution in [0, 0.1) is 0 Å². The summed E-state index contributed by atoms with van der Waals surface area (Å²) in [5, 5.41) is 1.54. The van der Waals surface area contributed by atoms with Gasteiger partial charge in [-0.2, -0.15) is 0 Å². The highest BCUT2D eigenvalue weighted by Crippen LogP contribution is 2.39. The minimum atomic E-state index is -1.69. The van der Waals surface area contributed by atoms with Crippen LogP contribution < -0.4 is 5.32 Å². The summed E-state index contributed by atoms with van der Waals surface area (Å²) in [6.07, 6.45) is 2.43. The predicted molar refractivity (Wildman–Crippen MR) is 162 cm³/mol. The van der Waals surface area contributed by atoms with Crippen molar-refractivity contribution in [3.05, 3.63) is 94.7 Å². The van der Waals surface area contributed by atoms with Gasteiger partial charge in [-0.3, -0.25) is 18.7 Å². The average molecular weight is 618 g/mol. The van der Waals surface area contributed by atoms with Crippen molar-refractivity contribution in [1.29, 1.82) is 0 Å². The number of carbonyl (C=O) groups is 4. The van der Waals surface area contributed by atoms with Gasteiger partial charge in [-0.15, -0.1) is 0 Å². The molecule has 2 aromatic carbocycles. The molecule has 3 atom stereocenters. The largest absolute Gasteiger partial charge is 0.448 e. The van der Waals surface area contributed by atoms with Crippen LogP contribution in [-0.4, -0.2) is 73.2 Å². The van der Waals surface area contributed by atoms with Gasteiger partial charge < -0.3 is 19.7 Å². The molecule has 3 heterocycles. The number of allylic oxidation sites excluding steroid dienone is 1. The number of ether oxygens (including phenoxy) is 2. The maximum atomic E-state index is 14.2. The number of hydrogen-bond acceptors (Lipinski definition) is 7. The van der Waals surface area contributed by atoms with Crippen molar-refractivity contribution in [1.82, 2.24) is 15.1 Å². The Morgan fingerprint density at radius 3 is 2.18 bits per heavy atom. The zero-order chi connectivity index (χ0) is 31.2. The number of nitrogens with one attached hydrogen (secondary N) is 1. The zero-order valence-electron chi connectivity index (χ0n) is 24.9. The summed E-state index contributed by atoms with van der Waals surface area (Å²) in [5.74, 6) is -1.59. The van der Waals surface area contributed by atoms with E-state index in [0.717, 1.165) is 28.9 Å². The molecule has 4 aliphatic rings. The highest BCUT2D eigenvalue weighted by molar-refractivity contribution is 7.86. The molecule has 2 saturated heterocycles. The number of fused-ring (bicyclic) bond motifs is 1. The Labute approximate surface area is 258 Å². The number of nitrogens with zero attached hydrogens (tertiary/aromatic N) is 2. The van der Waals surface area contributed by atoms with Crippen LogP contribution in [0.2, 0.25) is 0 Å². The summed E-state index contributed by atoms with van der Waals surface area (Å²) in [6.45, 7) is 5.67. The second-order valence-electron chi connectivity index (χ2n) is 12.4. The number of benzene rings is 2. The van der Waals surface area contributed by atoms with Gasteiger partial charge in [0.05, 0.1) is 16.6 Å². The van der Waals surface area contributed by atoms with Crippen LogP contribution in [0.4, 0.5) is 4.79 Å². The summed E-state index contributed by atoms with van der Waals surface area (Å²) in [5.41, 5.74) is 1.40. The number of carbonyl (C=O) groups excluding carboxylic acids is 4. The molecule has 0 bridgehead atoms. The second-order valence-corrected chi connectivity index (χ2v) is 13.9. The van der Waals surface area contributed by atoms with Gasteiger partial charge in [-0.05, 0) is 62.8 Å². The lowest BCUT2D eigenvalue weighted by Crippen LogP contribution is -2.73. The molecule has 3 amide bonds. The molecule has 44 heavy (non-hydrogen) atoms. The Bertz CT molecular complexity index is 1540. The van der Waals surface area contributed by atoms with E-state index in [-0.39, 0.29) is 23.4 Å². The lowest BCUT2D eigenvalue weighted by atomic mass is 10.00. The molecule has 10 nitrogen and oxygen atoms in total. The van der Waals surface area contributed by atoms with Crippen LogP contribution in [0.25, 0.3) is 0 Å². The Morgan fingerprint density at radius 2 is 1.61 bits per heavy atom. The molecule has 1 N–H and O–H groups in total. The van der Waals surface area contributed by atoms with Crippen molar-refractivity contribution < 1.29 is 32.9 Å². The number of esters is 1. The lowest BCUT2D eigenvalue weighted by molar-refractivity contribution is -0.153. The highest BCUT2D eigenvalue weighted by Gasteiger charge is 2.58. The van der Waals surface area contributed by atoms with E-state index in [0.29, 0.717) is 24.1 Å². The number of β-lactam (4-membered cyclic amide) rings is 1. The normalized spacial score (nSPS) is 24.4. The fourth-order valence-corrected chi connectivity index (χ4v) is 7.43. The van der Waals surface area contributed by atoms with E-state index in [9.17, 15) is 23.4 Å². The quantitative estimate of drug-likeness (QED) is 0.286. The molecule has 0 aromatic heterocycles. The minimum Gasteiger partial charge on any atom is -0.448 e. The molecule has 1 aliphatic carbocycles. The first-order valence-electron chi connectivity index (χ1n) is 14.8. The van der Waals surface area contributed by atoms with E-state index in [1.807, 2.05) is 65.6 Å². The SMILES string of the molecule is CC(C)(C)OC(=O)N[C@@H]1C(=O)N2C(C(=O)OC(c3ccccc3)c3ccccc3)=C(C=C3CCN(C4CC4)C3=O)C[S@](=O)[C@H]12. The van der Waals surface area contributed by atoms with Crippen LogP contribution >= 0.6 is 0 Å². The van der Waals surface area contributed by atoms with E-state index >= 15 is 0 Å². The van der Waals surface area contributed by atoms with Crippen molar-refractivity contribution in [2.75, 3.05) is 12.3 Å². The predicted octanol–water partition coefficient (Wildman–Crippen LogP) is 3.72. The van der Waals surface area contributed by atoms with Crippen molar-refractivity contribution in [3.8, 4) is 0 Å². The van der Waals surface area contributed by atoms with E-state index < -0.39 is 51.9 Å². The van der Waals surface area contributed by atoms with Gasteiger partial charge >= 0.3 is 12.1 Å². The first-order chi connectivity index (χ1) is 21.0. The smallest absolute Gasteiger partial charge is 0.408 e. The van der Waals surface area contributed by atoms with Crippen LogP contribution in [-0.2, 0) is 34.7 Å². The van der Waals surface area contributed by atoms with Crippen LogP contribution in [0.5, 0.6) is 0 Å². The Morgan fingerprint density at radius 1 is 1.00 bits per heavy atom. The maximum Gasteiger partial charge on any atom is 0.408 e. The molecule has 3 fully saturated rings. The van der Waals surface area contributed by atoms with Crippen LogP contribution in [0.15, 0.2) is 83.6 Å². The molecule has 11 heteroatoms. The summed E-state index contributed by atoms with van der Waals surface area (Å²) in [4.78, 5) is 56.4. The molecule has 230 valence electrons. The standard InChI is InChI=1S/C33H35N3O7S/c1-33(2,3)43-32(40)34-25-29(38)36-26(31(39)42-27(20-10-6-4-7-11-20)21-12-8-5-9-13-21)23(19-44(41)30(25)36)18-22-16-17-35(28(22)37)24-14-15-24/h4-13,18,24-25,27,30H,14-17,19H2,1-3H3,(H,34,40)/t25-,30-,44+/m1/s1. The third kappa shape index (κ3) is 5.93. The number of alkyl carbamates (subject to hydrolysis) is 1. The molecule has 2 aromatic rings. The number of amides is 3. The summed E-state index contributed by atoms with van der Waals surface area (Å²) in [6, 6.07) is 17.6. The Balaban J connectivity index is 1.36. The Hall–Kier alpha value is -4.25. The number of hydrogen-bond donors (Lipinski definition) is 1. The molecule has 0 spiro atoms. The van der Waals surface area contributed by atoms with Crippen molar-refractivity contribution in [2.24, 2.45) is 0 Å². The molecule has 6 rings (SSSR count). The second kappa shape index (κ2) is 11.7. The third-order valence-electron chi connectivity index (χ3n) is 7.94. The van der Waals surface area contributed by atoms with Gasteiger partial charge in [-0.1, -0.05) is 60.7 Å². The molecular weight excluding hydrogens is 582 g/mol. The first-order valence-corrected chi connectivity index (χ1v) is 16.2. The van der Waals surface area contributed by atoms with Gasteiger partial charge in [-0.25, -0.2) is 9.59 Å². The first kappa shape index (κ1) is 29.8. The van der Waals surface area contributed by atoms with E-state index in [4.69, 9.17) is 9.47 Å². The maximum absolute atomic E-state index is 14.2. The summed E-state index contributed by atoms with van der Waals surface area (Å²) in [7, 11) is -1.69. The van der Waals surface area contributed by atoms with Crippen molar-refractivity contribution in [3.63, 3.8) is 0 Å².